The van der Waals surface area contributed by atoms with Gasteiger partial charge in [0.15, 0.2) is 0 Å². The second-order valence-electron chi connectivity index (χ2n) is 9.89. The summed E-state index contributed by atoms with van der Waals surface area (Å²) in [7, 11) is 0. The lowest BCUT2D eigenvalue weighted by Gasteiger charge is -2.14. The average Bonchev–Trinajstić information content (AvgIpc) is 3.03. The maximum Gasteiger partial charge on any atom is 0.272 e. The monoisotopic (exact) mass is 671 g/mol. The summed E-state index contributed by atoms with van der Waals surface area (Å²) in [5.74, 6) is -0.251. The van der Waals surface area contributed by atoms with Crippen molar-refractivity contribution in [2.45, 2.75) is 36.8 Å². The van der Waals surface area contributed by atoms with Gasteiger partial charge in [-0.05, 0) is 91.7 Å². The summed E-state index contributed by atoms with van der Waals surface area (Å²) in [6, 6.07) is 30.7. The number of unbranched alkanes of at least 4 members (excludes halogenated alkanes) is 1. The van der Waals surface area contributed by atoms with Gasteiger partial charge in [-0.15, -0.1) is 11.8 Å². The van der Waals surface area contributed by atoms with Crippen LogP contribution in [0.5, 0.6) is 5.75 Å². The number of nitrogens with one attached hydrogen (secondary N) is 3. The van der Waals surface area contributed by atoms with Gasteiger partial charge in [0.1, 0.15) is 11.4 Å². The van der Waals surface area contributed by atoms with Gasteiger partial charge >= 0.3 is 0 Å². The Balaban J connectivity index is 1.41. The number of benzene rings is 4. The molecule has 7 nitrogen and oxygen atoms in total. The van der Waals surface area contributed by atoms with E-state index in [-0.39, 0.29) is 11.6 Å². The first-order chi connectivity index (χ1) is 21.3. The van der Waals surface area contributed by atoms with E-state index in [2.05, 4.69) is 38.8 Å². The summed E-state index contributed by atoms with van der Waals surface area (Å²) in [4.78, 5) is 40.0. The molecule has 0 spiro atoms. The summed E-state index contributed by atoms with van der Waals surface area (Å²) >= 11 is 4.79. The van der Waals surface area contributed by atoms with Crippen molar-refractivity contribution in [2.24, 2.45) is 0 Å². The van der Waals surface area contributed by atoms with Gasteiger partial charge in [0.25, 0.3) is 11.8 Å². The fourth-order valence-electron chi connectivity index (χ4n) is 3.98. The Morgan fingerprint density at radius 3 is 2.30 bits per heavy atom. The van der Waals surface area contributed by atoms with Crippen LogP contribution in [-0.4, -0.2) is 29.6 Å². The van der Waals surface area contributed by atoms with Gasteiger partial charge in [-0.25, -0.2) is 0 Å². The van der Waals surface area contributed by atoms with E-state index in [0.29, 0.717) is 23.5 Å². The summed E-state index contributed by atoms with van der Waals surface area (Å²) in [5, 5.41) is 8.17. The average molecular weight is 673 g/mol. The van der Waals surface area contributed by atoms with Crippen molar-refractivity contribution in [1.82, 2.24) is 5.32 Å². The number of carbonyl (C=O) groups is 3. The van der Waals surface area contributed by atoms with Crippen molar-refractivity contribution in [2.75, 3.05) is 17.2 Å². The minimum atomic E-state index is -0.479. The molecule has 44 heavy (non-hydrogen) atoms. The third-order valence-corrected chi connectivity index (χ3v) is 7.99. The van der Waals surface area contributed by atoms with Gasteiger partial charge in [0.05, 0.1) is 11.9 Å². The molecule has 0 fully saturated rings. The van der Waals surface area contributed by atoms with Crippen molar-refractivity contribution < 1.29 is 19.1 Å². The van der Waals surface area contributed by atoms with Crippen molar-refractivity contribution in [3.63, 3.8) is 0 Å². The van der Waals surface area contributed by atoms with Crippen molar-refractivity contribution in [1.29, 1.82) is 0 Å². The van der Waals surface area contributed by atoms with Crippen molar-refractivity contribution in [3.05, 3.63) is 124 Å². The van der Waals surface area contributed by atoms with E-state index in [1.165, 1.54) is 11.8 Å². The first-order valence-corrected chi connectivity index (χ1v) is 15.9. The number of hydrogen-bond acceptors (Lipinski definition) is 5. The van der Waals surface area contributed by atoms with E-state index in [1.807, 2.05) is 67.6 Å². The Kier molecular flexibility index (Phi) is 12.2. The fraction of sp³-hybridized carbons (Fsp3) is 0.171. The molecule has 1 atom stereocenters. The number of amides is 3. The number of hydrogen-bond donors (Lipinski definition) is 3. The lowest BCUT2D eigenvalue weighted by atomic mass is 10.1. The maximum absolute atomic E-state index is 13.4. The van der Waals surface area contributed by atoms with Crippen LogP contribution >= 0.6 is 27.7 Å². The van der Waals surface area contributed by atoms with Gasteiger partial charge in [-0.2, -0.15) is 0 Å². The minimum Gasteiger partial charge on any atom is -0.494 e. The Morgan fingerprint density at radius 1 is 0.864 bits per heavy atom. The molecule has 4 rings (SSSR count). The molecule has 9 heteroatoms. The van der Waals surface area contributed by atoms with Crippen LogP contribution in [0.2, 0.25) is 0 Å². The Hall–Kier alpha value is -4.34. The minimum absolute atomic E-state index is 0.0914. The molecule has 4 aromatic rings. The van der Waals surface area contributed by atoms with Crippen LogP contribution in [0.3, 0.4) is 0 Å². The molecule has 0 aliphatic rings. The largest absolute Gasteiger partial charge is 0.494 e. The highest BCUT2D eigenvalue weighted by Crippen LogP contribution is 2.27. The van der Waals surface area contributed by atoms with Crippen LogP contribution in [0.1, 0.15) is 42.6 Å². The number of ether oxygens (including phenoxy) is 1. The van der Waals surface area contributed by atoms with Gasteiger partial charge in [-0.1, -0.05) is 65.7 Å². The summed E-state index contributed by atoms with van der Waals surface area (Å²) < 4.78 is 6.59. The van der Waals surface area contributed by atoms with E-state index in [4.69, 9.17) is 4.74 Å². The Labute approximate surface area is 270 Å². The van der Waals surface area contributed by atoms with Crippen LogP contribution < -0.4 is 20.7 Å². The van der Waals surface area contributed by atoms with Crippen LogP contribution in [0.15, 0.2) is 118 Å². The summed E-state index contributed by atoms with van der Waals surface area (Å²) in [6.07, 6.45) is 3.68. The van der Waals surface area contributed by atoms with Gasteiger partial charge in [-0.3, -0.25) is 14.4 Å². The van der Waals surface area contributed by atoms with E-state index < -0.39 is 17.1 Å². The zero-order valence-corrected chi connectivity index (χ0v) is 26.9. The SMILES string of the molecule is CCCCOc1ccc(NC(=O)C(C)Sc2cccc(NC(=O)/C(=C/c3ccc(Br)cc3)NC(=O)c3ccccc3)c2)cc1. The van der Waals surface area contributed by atoms with Gasteiger partial charge < -0.3 is 20.7 Å². The standard InChI is InChI=1S/C35H34BrN3O4S/c1-3-4-21-43-30-19-17-28(18-20-30)37-33(40)24(2)44-31-12-8-11-29(23-31)38-35(42)32(22-25-13-15-27(36)16-14-25)39-34(41)26-9-6-5-7-10-26/h5-20,22-24H,3-4,21H2,1-2H3,(H,37,40)(H,38,42)(H,39,41)/b32-22-. The van der Waals surface area contributed by atoms with E-state index in [9.17, 15) is 14.4 Å². The fourth-order valence-corrected chi connectivity index (χ4v) is 5.17. The number of halogens is 1. The van der Waals surface area contributed by atoms with Gasteiger partial charge in [0.2, 0.25) is 5.91 Å². The van der Waals surface area contributed by atoms with Crippen LogP contribution in [-0.2, 0) is 9.59 Å². The Morgan fingerprint density at radius 2 is 1.59 bits per heavy atom. The molecule has 0 saturated heterocycles. The maximum atomic E-state index is 13.4. The zero-order valence-electron chi connectivity index (χ0n) is 24.5. The summed E-state index contributed by atoms with van der Waals surface area (Å²) in [5.41, 5.74) is 2.49. The third-order valence-electron chi connectivity index (χ3n) is 6.37. The molecule has 0 radical (unpaired) electrons. The number of thioether (sulfide) groups is 1. The predicted octanol–water partition coefficient (Wildman–Crippen LogP) is 8.16. The molecule has 226 valence electrons. The van der Waals surface area contributed by atoms with Crippen LogP contribution in [0.25, 0.3) is 6.08 Å². The summed E-state index contributed by atoms with van der Waals surface area (Å²) in [6.45, 7) is 4.61. The number of carbonyl (C=O) groups excluding carboxylic acids is 3. The molecule has 0 heterocycles. The molecule has 4 aromatic carbocycles. The Bertz CT molecular complexity index is 1590. The second-order valence-corrected chi connectivity index (χ2v) is 12.2. The quantitative estimate of drug-likeness (QED) is 0.0757. The van der Waals surface area contributed by atoms with Crippen molar-refractivity contribution >= 4 is 62.9 Å². The zero-order chi connectivity index (χ0) is 31.3. The van der Waals surface area contributed by atoms with E-state index in [1.54, 1.807) is 48.5 Å². The molecule has 0 bridgehead atoms. The molecule has 0 aromatic heterocycles. The molecular weight excluding hydrogens is 638 g/mol. The molecule has 3 amide bonds. The topological polar surface area (TPSA) is 96.5 Å². The van der Waals surface area contributed by atoms with Crippen LogP contribution in [0.4, 0.5) is 11.4 Å². The first kappa shape index (κ1) is 32.6. The van der Waals surface area contributed by atoms with Crippen LogP contribution in [0, 0.1) is 0 Å². The molecule has 0 aliphatic heterocycles. The van der Waals surface area contributed by atoms with E-state index >= 15 is 0 Å². The highest BCUT2D eigenvalue weighted by molar-refractivity contribution is 9.10. The first-order valence-electron chi connectivity index (χ1n) is 14.3. The smallest absolute Gasteiger partial charge is 0.272 e. The highest BCUT2D eigenvalue weighted by atomic mass is 79.9. The molecule has 0 aliphatic carbocycles. The van der Waals surface area contributed by atoms with Crippen molar-refractivity contribution in [3.8, 4) is 5.75 Å². The van der Waals surface area contributed by atoms with E-state index in [0.717, 1.165) is 33.5 Å². The number of rotatable bonds is 13. The lowest BCUT2D eigenvalue weighted by molar-refractivity contribution is -0.115. The lowest BCUT2D eigenvalue weighted by Crippen LogP contribution is -2.30. The normalized spacial score (nSPS) is 11.8. The third kappa shape index (κ3) is 10.1. The molecular formula is C35H34BrN3O4S. The van der Waals surface area contributed by atoms with Gasteiger partial charge in [0, 0.05) is 26.3 Å². The highest BCUT2D eigenvalue weighted by Gasteiger charge is 2.17. The molecule has 1 unspecified atom stereocenters. The molecule has 3 N–H and O–H groups in total. The second kappa shape index (κ2) is 16.5. The molecule has 0 saturated carbocycles. The predicted molar refractivity (Wildman–Crippen MR) is 182 cm³/mol. The number of anilines is 2.